The van der Waals surface area contributed by atoms with Gasteiger partial charge in [-0.25, -0.2) is 0 Å². The quantitative estimate of drug-likeness (QED) is 0.702. The minimum Gasteiger partial charge on any atom is -0.481 e. The monoisotopic (exact) mass is 257 g/mol. The van der Waals surface area contributed by atoms with Gasteiger partial charge in [0, 0.05) is 18.4 Å². The average Bonchev–Trinajstić information content (AvgIpc) is 2.26. The van der Waals surface area contributed by atoms with Crippen LogP contribution in [0.3, 0.4) is 0 Å². The Hall–Kier alpha value is -1.06. The van der Waals surface area contributed by atoms with Crippen LogP contribution in [0.2, 0.25) is 0 Å². The number of carboxylic acids is 1. The Morgan fingerprint density at radius 3 is 2.11 bits per heavy atom. The molecule has 0 fully saturated rings. The van der Waals surface area contributed by atoms with Crippen molar-refractivity contribution in [2.24, 2.45) is 10.8 Å². The lowest BCUT2D eigenvalue weighted by Crippen LogP contribution is -2.38. The minimum atomic E-state index is -0.765. The fraction of sp³-hybridized carbons (Fsp3) is 0.857. The number of carbonyl (C=O) groups is 2. The summed E-state index contributed by atoms with van der Waals surface area (Å²) in [4.78, 5) is 22.4. The van der Waals surface area contributed by atoms with Crippen molar-refractivity contribution < 1.29 is 14.7 Å². The molecule has 0 heterocycles. The van der Waals surface area contributed by atoms with Crippen molar-refractivity contribution in [2.75, 3.05) is 6.54 Å². The van der Waals surface area contributed by atoms with Gasteiger partial charge >= 0.3 is 5.97 Å². The van der Waals surface area contributed by atoms with E-state index in [1.807, 2.05) is 34.6 Å². The number of hydrogen-bond acceptors (Lipinski definition) is 2. The highest BCUT2D eigenvalue weighted by atomic mass is 16.4. The van der Waals surface area contributed by atoms with Gasteiger partial charge in [0.2, 0.25) is 5.91 Å². The lowest BCUT2D eigenvalue weighted by atomic mass is 9.84. The summed E-state index contributed by atoms with van der Waals surface area (Å²) >= 11 is 0. The first-order valence-electron chi connectivity index (χ1n) is 6.61. The molecule has 4 heteroatoms. The molecule has 2 N–H and O–H groups in total. The fourth-order valence-electron chi connectivity index (χ4n) is 1.48. The maximum absolute atomic E-state index is 11.8. The van der Waals surface area contributed by atoms with E-state index >= 15 is 0 Å². The normalized spacial score (nSPS) is 12.3. The Bertz CT molecular complexity index is 295. The average molecular weight is 257 g/mol. The van der Waals surface area contributed by atoms with Gasteiger partial charge in [0.25, 0.3) is 0 Å². The molecule has 0 aromatic heterocycles. The summed E-state index contributed by atoms with van der Waals surface area (Å²) in [6.07, 6.45) is 2.42. The first kappa shape index (κ1) is 16.9. The Morgan fingerprint density at radius 2 is 1.67 bits per heavy atom. The van der Waals surface area contributed by atoms with Crippen molar-refractivity contribution in [3.8, 4) is 0 Å². The molecule has 106 valence electrons. The standard InChI is InChI=1S/C14H27NO3/c1-6-14(4,5)12(18)15-10-9-13(2,3)8-7-11(16)17/h6-10H2,1-5H3,(H,15,18)(H,16,17). The summed E-state index contributed by atoms with van der Waals surface area (Å²) < 4.78 is 0. The molecule has 0 aliphatic rings. The van der Waals surface area contributed by atoms with Crippen LogP contribution in [0.4, 0.5) is 0 Å². The lowest BCUT2D eigenvalue weighted by molar-refractivity contribution is -0.137. The van der Waals surface area contributed by atoms with Crippen molar-refractivity contribution in [3.63, 3.8) is 0 Å². The summed E-state index contributed by atoms with van der Waals surface area (Å²) in [7, 11) is 0. The summed E-state index contributed by atoms with van der Waals surface area (Å²) in [5.74, 6) is -0.696. The molecule has 0 aromatic carbocycles. The van der Waals surface area contributed by atoms with E-state index in [4.69, 9.17) is 5.11 Å². The highest BCUT2D eigenvalue weighted by Crippen LogP contribution is 2.26. The van der Waals surface area contributed by atoms with E-state index in [9.17, 15) is 9.59 Å². The van der Waals surface area contributed by atoms with E-state index in [-0.39, 0.29) is 23.2 Å². The van der Waals surface area contributed by atoms with Crippen molar-refractivity contribution in [1.82, 2.24) is 5.32 Å². The molecule has 0 aliphatic carbocycles. The molecule has 0 saturated carbocycles. The van der Waals surface area contributed by atoms with Gasteiger partial charge in [0.1, 0.15) is 0 Å². The first-order chi connectivity index (χ1) is 8.10. The van der Waals surface area contributed by atoms with E-state index < -0.39 is 5.97 Å². The van der Waals surface area contributed by atoms with Crippen LogP contribution < -0.4 is 5.32 Å². The van der Waals surface area contributed by atoms with Crippen LogP contribution in [0.5, 0.6) is 0 Å². The van der Waals surface area contributed by atoms with Gasteiger partial charge in [-0.2, -0.15) is 0 Å². The molecule has 4 nitrogen and oxygen atoms in total. The number of nitrogens with one attached hydrogen (secondary N) is 1. The second kappa shape index (κ2) is 6.76. The molecular weight excluding hydrogens is 230 g/mol. The highest BCUT2D eigenvalue weighted by Gasteiger charge is 2.25. The molecule has 0 saturated heterocycles. The zero-order valence-corrected chi connectivity index (χ0v) is 12.3. The molecule has 0 atom stereocenters. The van der Waals surface area contributed by atoms with Crippen LogP contribution in [0, 0.1) is 10.8 Å². The zero-order chi connectivity index (χ0) is 14.4. The number of amides is 1. The Balaban J connectivity index is 4.03. The smallest absolute Gasteiger partial charge is 0.303 e. The van der Waals surface area contributed by atoms with Crippen LogP contribution in [-0.2, 0) is 9.59 Å². The van der Waals surface area contributed by atoms with E-state index in [0.717, 1.165) is 12.8 Å². The molecule has 0 spiro atoms. The number of hydrogen-bond donors (Lipinski definition) is 2. The van der Waals surface area contributed by atoms with Crippen LogP contribution in [-0.4, -0.2) is 23.5 Å². The number of carbonyl (C=O) groups excluding carboxylic acids is 1. The molecule has 0 aliphatic heterocycles. The fourth-order valence-corrected chi connectivity index (χ4v) is 1.48. The lowest BCUT2D eigenvalue weighted by Gasteiger charge is -2.26. The number of aliphatic carboxylic acids is 1. The summed E-state index contributed by atoms with van der Waals surface area (Å²) in [6.45, 7) is 10.5. The van der Waals surface area contributed by atoms with Crippen LogP contribution >= 0.6 is 0 Å². The number of carboxylic acid groups (broad SMARTS) is 1. The highest BCUT2D eigenvalue weighted by molar-refractivity contribution is 5.81. The van der Waals surface area contributed by atoms with Crippen molar-refractivity contribution in [2.45, 2.75) is 60.3 Å². The second-order valence-corrected chi connectivity index (χ2v) is 6.30. The van der Waals surface area contributed by atoms with E-state index in [1.165, 1.54) is 0 Å². The van der Waals surface area contributed by atoms with Gasteiger partial charge in [-0.3, -0.25) is 9.59 Å². The van der Waals surface area contributed by atoms with E-state index in [1.54, 1.807) is 0 Å². The molecule has 0 radical (unpaired) electrons. The third-order valence-electron chi connectivity index (χ3n) is 3.60. The van der Waals surface area contributed by atoms with Gasteiger partial charge in [-0.15, -0.1) is 0 Å². The Kier molecular flexibility index (Phi) is 6.36. The maximum Gasteiger partial charge on any atom is 0.303 e. The molecular formula is C14H27NO3. The molecule has 1 amide bonds. The molecule has 0 unspecified atom stereocenters. The molecule has 0 bridgehead atoms. The SMILES string of the molecule is CCC(C)(C)C(=O)NCCC(C)(C)CCC(=O)O. The van der Waals surface area contributed by atoms with E-state index in [0.29, 0.717) is 13.0 Å². The third kappa shape index (κ3) is 6.62. The van der Waals surface area contributed by atoms with Gasteiger partial charge < -0.3 is 10.4 Å². The number of rotatable bonds is 8. The first-order valence-corrected chi connectivity index (χ1v) is 6.61. The topological polar surface area (TPSA) is 66.4 Å². The van der Waals surface area contributed by atoms with Gasteiger partial charge in [-0.1, -0.05) is 34.6 Å². The maximum atomic E-state index is 11.8. The molecule has 0 aromatic rings. The minimum absolute atomic E-state index is 0.0535. The van der Waals surface area contributed by atoms with Crippen LogP contribution in [0.25, 0.3) is 0 Å². The molecule has 18 heavy (non-hydrogen) atoms. The second-order valence-electron chi connectivity index (χ2n) is 6.30. The summed E-state index contributed by atoms with van der Waals surface area (Å²) in [5.41, 5.74) is -0.382. The van der Waals surface area contributed by atoms with Crippen molar-refractivity contribution >= 4 is 11.9 Å². The van der Waals surface area contributed by atoms with Crippen molar-refractivity contribution in [1.29, 1.82) is 0 Å². The van der Waals surface area contributed by atoms with Crippen molar-refractivity contribution in [3.05, 3.63) is 0 Å². The Morgan fingerprint density at radius 1 is 1.11 bits per heavy atom. The summed E-state index contributed by atoms with van der Waals surface area (Å²) in [5, 5.41) is 11.6. The van der Waals surface area contributed by atoms with Gasteiger partial charge in [0.15, 0.2) is 0 Å². The van der Waals surface area contributed by atoms with Crippen LogP contribution in [0.15, 0.2) is 0 Å². The van der Waals surface area contributed by atoms with Gasteiger partial charge in [-0.05, 0) is 24.7 Å². The Labute approximate surface area is 110 Å². The predicted molar refractivity (Wildman–Crippen MR) is 72.3 cm³/mol. The van der Waals surface area contributed by atoms with Gasteiger partial charge in [0.05, 0.1) is 0 Å². The van der Waals surface area contributed by atoms with Crippen LogP contribution in [0.1, 0.15) is 60.3 Å². The largest absolute Gasteiger partial charge is 0.481 e. The third-order valence-corrected chi connectivity index (χ3v) is 3.60. The van der Waals surface area contributed by atoms with E-state index in [2.05, 4.69) is 5.32 Å². The zero-order valence-electron chi connectivity index (χ0n) is 12.3. The predicted octanol–water partition coefficient (Wildman–Crippen LogP) is 2.82. The summed E-state index contributed by atoms with van der Waals surface area (Å²) in [6, 6.07) is 0. The molecule has 0 rings (SSSR count).